The van der Waals surface area contributed by atoms with E-state index in [4.69, 9.17) is 11.6 Å². The Balaban J connectivity index is 1.78. The van der Waals surface area contributed by atoms with Crippen LogP contribution in [0, 0.1) is 5.41 Å². The van der Waals surface area contributed by atoms with Gasteiger partial charge in [-0.05, 0) is 23.0 Å². The third-order valence-electron chi connectivity index (χ3n) is 3.32. The summed E-state index contributed by atoms with van der Waals surface area (Å²) in [5.41, 5.74) is 3.25. The lowest BCUT2D eigenvalue weighted by Crippen LogP contribution is -2.36. The van der Waals surface area contributed by atoms with Crippen LogP contribution in [0.15, 0.2) is 24.3 Å². The fourth-order valence-electron chi connectivity index (χ4n) is 2.18. The molecule has 0 aliphatic heterocycles. The zero-order valence-electron chi connectivity index (χ0n) is 10.1. The molecule has 0 heterocycles. The summed E-state index contributed by atoms with van der Waals surface area (Å²) in [7, 11) is 0. The topological polar surface area (TPSA) is 12.0 Å². The molecule has 0 aromatic heterocycles. The largest absolute Gasteiger partial charge is 0.316 e. The summed E-state index contributed by atoms with van der Waals surface area (Å²) in [5.74, 6) is 1.42. The molecule has 0 radical (unpaired) electrons. The van der Waals surface area contributed by atoms with E-state index in [0.29, 0.717) is 11.8 Å². The highest BCUT2D eigenvalue weighted by atomic mass is 35.5. The maximum atomic E-state index is 5.90. The van der Waals surface area contributed by atoms with Crippen molar-refractivity contribution >= 4 is 11.6 Å². The first-order chi connectivity index (χ1) is 7.62. The van der Waals surface area contributed by atoms with Crippen LogP contribution in [0.25, 0.3) is 0 Å². The van der Waals surface area contributed by atoms with Crippen molar-refractivity contribution in [1.29, 1.82) is 0 Å². The van der Waals surface area contributed by atoms with Crippen molar-refractivity contribution < 1.29 is 0 Å². The molecule has 88 valence electrons. The summed E-state index contributed by atoms with van der Waals surface area (Å²) in [6.45, 7) is 6.47. The molecule has 1 aromatic rings. The SMILES string of the molecule is CC(C)(CCl)CNCC1Cc2ccccc21. The van der Waals surface area contributed by atoms with Crippen molar-refractivity contribution in [1.82, 2.24) is 5.32 Å². The number of benzene rings is 1. The van der Waals surface area contributed by atoms with Gasteiger partial charge in [0.1, 0.15) is 0 Å². The van der Waals surface area contributed by atoms with E-state index >= 15 is 0 Å². The third kappa shape index (κ3) is 2.58. The highest BCUT2D eigenvalue weighted by molar-refractivity contribution is 6.18. The fraction of sp³-hybridized carbons (Fsp3) is 0.571. The Labute approximate surface area is 103 Å². The summed E-state index contributed by atoms with van der Waals surface area (Å²) in [5, 5.41) is 3.53. The lowest BCUT2D eigenvalue weighted by molar-refractivity contribution is 0.373. The van der Waals surface area contributed by atoms with Gasteiger partial charge in [0, 0.05) is 24.9 Å². The monoisotopic (exact) mass is 237 g/mol. The van der Waals surface area contributed by atoms with Crippen LogP contribution in [0.1, 0.15) is 30.9 Å². The van der Waals surface area contributed by atoms with Crippen LogP contribution >= 0.6 is 11.6 Å². The first kappa shape index (κ1) is 11.9. The molecule has 0 spiro atoms. The second kappa shape index (κ2) is 4.77. The van der Waals surface area contributed by atoms with Gasteiger partial charge in [0.2, 0.25) is 0 Å². The Morgan fingerprint density at radius 2 is 2.12 bits per heavy atom. The Morgan fingerprint density at radius 1 is 1.38 bits per heavy atom. The van der Waals surface area contributed by atoms with E-state index in [-0.39, 0.29) is 5.41 Å². The summed E-state index contributed by atoms with van der Waals surface area (Å²) in [6, 6.07) is 8.74. The molecular weight excluding hydrogens is 218 g/mol. The lowest BCUT2D eigenvalue weighted by Gasteiger charge is -2.31. The fourth-order valence-corrected chi connectivity index (χ4v) is 2.27. The molecule has 1 aromatic carbocycles. The molecular formula is C14H20ClN. The molecule has 2 rings (SSSR count). The van der Waals surface area contributed by atoms with Gasteiger partial charge >= 0.3 is 0 Å². The number of nitrogens with one attached hydrogen (secondary N) is 1. The van der Waals surface area contributed by atoms with E-state index in [2.05, 4.69) is 43.4 Å². The highest BCUT2D eigenvalue weighted by Gasteiger charge is 2.25. The molecule has 2 heteroatoms. The first-order valence-electron chi connectivity index (χ1n) is 5.97. The summed E-state index contributed by atoms with van der Waals surface area (Å²) in [6.07, 6.45) is 1.23. The minimum atomic E-state index is 0.199. The van der Waals surface area contributed by atoms with Gasteiger partial charge in [0.25, 0.3) is 0 Å². The van der Waals surface area contributed by atoms with Gasteiger partial charge in [-0.2, -0.15) is 0 Å². The van der Waals surface area contributed by atoms with Gasteiger partial charge in [0.05, 0.1) is 0 Å². The van der Waals surface area contributed by atoms with Gasteiger partial charge in [-0.1, -0.05) is 38.1 Å². The Morgan fingerprint density at radius 3 is 2.81 bits per heavy atom. The smallest absolute Gasteiger partial charge is 0.0286 e. The van der Waals surface area contributed by atoms with E-state index < -0.39 is 0 Å². The quantitative estimate of drug-likeness (QED) is 0.776. The second-order valence-corrected chi connectivity index (χ2v) is 5.80. The molecule has 1 aliphatic carbocycles. The van der Waals surface area contributed by atoms with Crippen molar-refractivity contribution in [2.75, 3.05) is 19.0 Å². The standard InChI is InChI=1S/C14H20ClN/c1-14(2,9-15)10-16-8-12-7-11-5-3-4-6-13(11)12/h3-6,12,16H,7-10H2,1-2H3. The van der Waals surface area contributed by atoms with Gasteiger partial charge in [-0.3, -0.25) is 0 Å². The predicted molar refractivity (Wildman–Crippen MR) is 70.3 cm³/mol. The van der Waals surface area contributed by atoms with E-state index in [1.165, 1.54) is 17.5 Å². The van der Waals surface area contributed by atoms with Crippen molar-refractivity contribution in [2.24, 2.45) is 5.41 Å². The summed E-state index contributed by atoms with van der Waals surface area (Å²) < 4.78 is 0. The normalized spacial score (nSPS) is 19.1. The molecule has 0 fully saturated rings. The van der Waals surface area contributed by atoms with Gasteiger partial charge in [-0.15, -0.1) is 11.6 Å². The van der Waals surface area contributed by atoms with Crippen LogP contribution < -0.4 is 5.32 Å². The van der Waals surface area contributed by atoms with Crippen LogP contribution in [-0.4, -0.2) is 19.0 Å². The molecule has 1 aliphatic rings. The van der Waals surface area contributed by atoms with Crippen LogP contribution in [0.3, 0.4) is 0 Å². The van der Waals surface area contributed by atoms with Crippen molar-refractivity contribution in [3.63, 3.8) is 0 Å². The zero-order valence-corrected chi connectivity index (χ0v) is 10.8. The van der Waals surface area contributed by atoms with Crippen LogP contribution in [0.5, 0.6) is 0 Å². The molecule has 1 N–H and O–H groups in total. The number of alkyl halides is 1. The van der Waals surface area contributed by atoms with E-state index in [1.807, 2.05) is 0 Å². The average Bonchev–Trinajstić information content (AvgIpc) is 2.25. The van der Waals surface area contributed by atoms with Crippen molar-refractivity contribution in [2.45, 2.75) is 26.2 Å². The summed E-state index contributed by atoms with van der Waals surface area (Å²) >= 11 is 5.90. The number of fused-ring (bicyclic) bond motifs is 1. The van der Waals surface area contributed by atoms with E-state index in [0.717, 1.165) is 13.1 Å². The second-order valence-electron chi connectivity index (χ2n) is 5.53. The zero-order chi connectivity index (χ0) is 11.6. The minimum absolute atomic E-state index is 0.199. The molecule has 1 atom stereocenters. The molecule has 0 saturated heterocycles. The molecule has 1 unspecified atom stereocenters. The van der Waals surface area contributed by atoms with Crippen LogP contribution in [-0.2, 0) is 6.42 Å². The number of hydrogen-bond donors (Lipinski definition) is 1. The first-order valence-corrected chi connectivity index (χ1v) is 6.50. The molecule has 0 bridgehead atoms. The average molecular weight is 238 g/mol. The van der Waals surface area contributed by atoms with Gasteiger partial charge < -0.3 is 5.32 Å². The molecule has 0 saturated carbocycles. The maximum Gasteiger partial charge on any atom is 0.0286 e. The minimum Gasteiger partial charge on any atom is -0.316 e. The van der Waals surface area contributed by atoms with Crippen LogP contribution in [0.2, 0.25) is 0 Å². The lowest BCUT2D eigenvalue weighted by atomic mass is 9.77. The maximum absolute atomic E-state index is 5.90. The third-order valence-corrected chi connectivity index (χ3v) is 4.04. The molecule has 0 amide bonds. The highest BCUT2D eigenvalue weighted by Crippen LogP contribution is 2.34. The van der Waals surface area contributed by atoms with Crippen molar-refractivity contribution in [3.8, 4) is 0 Å². The Hall–Kier alpha value is -0.530. The van der Waals surface area contributed by atoms with Crippen molar-refractivity contribution in [3.05, 3.63) is 35.4 Å². The number of hydrogen-bond acceptors (Lipinski definition) is 1. The summed E-state index contributed by atoms with van der Waals surface area (Å²) in [4.78, 5) is 0. The van der Waals surface area contributed by atoms with E-state index in [9.17, 15) is 0 Å². The number of rotatable bonds is 5. The van der Waals surface area contributed by atoms with Crippen LogP contribution in [0.4, 0.5) is 0 Å². The Bertz CT molecular complexity index is 360. The van der Waals surface area contributed by atoms with E-state index in [1.54, 1.807) is 0 Å². The predicted octanol–water partition coefficient (Wildman–Crippen LogP) is 3.18. The number of halogens is 1. The van der Waals surface area contributed by atoms with Gasteiger partial charge in [0.15, 0.2) is 0 Å². The molecule has 16 heavy (non-hydrogen) atoms. The molecule has 1 nitrogen and oxygen atoms in total. The van der Waals surface area contributed by atoms with Gasteiger partial charge in [-0.25, -0.2) is 0 Å². The Kier molecular flexibility index (Phi) is 3.56.